The van der Waals surface area contributed by atoms with Gasteiger partial charge in [-0.3, -0.25) is 4.72 Å². The Labute approximate surface area is 164 Å². The van der Waals surface area contributed by atoms with Crippen molar-refractivity contribution in [3.8, 4) is 0 Å². The molecule has 2 N–H and O–H groups in total. The monoisotopic (exact) mass is 395 g/mol. The molecule has 5 nitrogen and oxygen atoms in total. The number of aryl methyl sites for hydroxylation is 3. The first-order valence-corrected chi connectivity index (χ1v) is 10.3. The predicted molar refractivity (Wildman–Crippen MR) is 109 cm³/mol. The molecule has 28 heavy (non-hydrogen) atoms. The highest BCUT2D eigenvalue weighted by Gasteiger charge is 2.14. The predicted octanol–water partition coefficient (Wildman–Crippen LogP) is 4.28. The summed E-state index contributed by atoms with van der Waals surface area (Å²) in [5.41, 5.74) is 3.79. The molecule has 0 fully saturated rings. The molecule has 0 amide bonds. The van der Waals surface area contributed by atoms with Crippen LogP contribution in [0, 0.1) is 6.92 Å². The van der Waals surface area contributed by atoms with Gasteiger partial charge < -0.3 is 5.11 Å². The maximum atomic E-state index is 12.5. The van der Waals surface area contributed by atoms with Crippen molar-refractivity contribution in [1.29, 1.82) is 0 Å². The van der Waals surface area contributed by atoms with Crippen LogP contribution in [0.25, 0.3) is 0 Å². The fraction of sp³-hybridized carbons (Fsp3) is 0.136. The quantitative estimate of drug-likeness (QED) is 0.625. The van der Waals surface area contributed by atoms with E-state index in [0.717, 1.165) is 23.1 Å². The van der Waals surface area contributed by atoms with E-state index < -0.39 is 16.0 Å². The van der Waals surface area contributed by atoms with Gasteiger partial charge in [-0.15, -0.1) is 0 Å². The third kappa shape index (κ3) is 4.98. The summed E-state index contributed by atoms with van der Waals surface area (Å²) in [5.74, 6) is -0.944. The molecule has 0 atom stereocenters. The number of carboxylic acids is 1. The number of hydrogen-bond donors (Lipinski definition) is 2. The summed E-state index contributed by atoms with van der Waals surface area (Å²) in [7, 11) is -3.63. The van der Waals surface area contributed by atoms with Crippen LogP contribution < -0.4 is 4.72 Å². The number of nitrogens with one attached hydrogen (secondary N) is 1. The third-order valence-electron chi connectivity index (χ3n) is 4.41. The highest BCUT2D eigenvalue weighted by Crippen LogP contribution is 2.19. The fourth-order valence-corrected chi connectivity index (χ4v) is 3.87. The van der Waals surface area contributed by atoms with Crippen molar-refractivity contribution in [3.05, 3.63) is 95.1 Å². The number of sulfonamides is 1. The number of benzene rings is 3. The van der Waals surface area contributed by atoms with E-state index in [2.05, 4.69) is 4.72 Å². The zero-order chi connectivity index (χ0) is 20.1. The van der Waals surface area contributed by atoms with E-state index in [1.54, 1.807) is 54.6 Å². The van der Waals surface area contributed by atoms with Crippen LogP contribution in [0.2, 0.25) is 0 Å². The molecular weight excluding hydrogens is 374 g/mol. The molecule has 0 aliphatic rings. The lowest BCUT2D eigenvalue weighted by Gasteiger charge is -2.10. The number of hydrogen-bond acceptors (Lipinski definition) is 3. The van der Waals surface area contributed by atoms with Gasteiger partial charge >= 0.3 is 5.97 Å². The maximum absolute atomic E-state index is 12.5. The molecule has 0 saturated carbocycles. The van der Waals surface area contributed by atoms with Gasteiger partial charge in [-0.1, -0.05) is 42.0 Å². The molecule has 144 valence electrons. The largest absolute Gasteiger partial charge is 0.478 e. The summed E-state index contributed by atoms with van der Waals surface area (Å²) in [6.07, 6.45) is 1.45. The summed E-state index contributed by atoms with van der Waals surface area (Å²) in [5, 5.41) is 8.95. The topological polar surface area (TPSA) is 83.5 Å². The van der Waals surface area contributed by atoms with Gasteiger partial charge in [0.1, 0.15) is 0 Å². The number of aromatic carboxylic acids is 1. The average molecular weight is 395 g/mol. The minimum Gasteiger partial charge on any atom is -0.478 e. The van der Waals surface area contributed by atoms with Crippen molar-refractivity contribution in [2.45, 2.75) is 24.7 Å². The molecule has 0 bridgehead atoms. The Morgan fingerprint density at radius 2 is 1.54 bits per heavy atom. The van der Waals surface area contributed by atoms with Gasteiger partial charge in [0.15, 0.2) is 0 Å². The molecule has 6 heteroatoms. The summed E-state index contributed by atoms with van der Waals surface area (Å²) in [6, 6.07) is 20.8. The van der Waals surface area contributed by atoms with E-state index >= 15 is 0 Å². The lowest BCUT2D eigenvalue weighted by molar-refractivity contribution is 0.0697. The van der Waals surface area contributed by atoms with Crippen molar-refractivity contribution < 1.29 is 18.3 Å². The Kier molecular flexibility index (Phi) is 5.80. The summed E-state index contributed by atoms with van der Waals surface area (Å²) in [4.78, 5) is 11.1. The first-order chi connectivity index (χ1) is 13.3. The maximum Gasteiger partial charge on any atom is 0.335 e. The zero-order valence-corrected chi connectivity index (χ0v) is 16.2. The van der Waals surface area contributed by atoms with Crippen molar-refractivity contribution in [1.82, 2.24) is 0 Å². The Morgan fingerprint density at radius 1 is 0.893 bits per heavy atom. The molecule has 0 radical (unpaired) electrons. The summed E-state index contributed by atoms with van der Waals surface area (Å²) < 4.78 is 27.7. The molecule has 0 heterocycles. The highest BCUT2D eigenvalue weighted by atomic mass is 32.2. The van der Waals surface area contributed by atoms with Crippen LogP contribution >= 0.6 is 0 Å². The normalized spacial score (nSPS) is 11.2. The number of carboxylic acid groups (broad SMARTS) is 1. The van der Waals surface area contributed by atoms with Gasteiger partial charge in [-0.25, -0.2) is 13.2 Å². The lowest BCUT2D eigenvalue weighted by Crippen LogP contribution is -2.13. The van der Waals surface area contributed by atoms with Crippen LogP contribution in [0.3, 0.4) is 0 Å². The van der Waals surface area contributed by atoms with Crippen LogP contribution in [-0.2, 0) is 22.9 Å². The van der Waals surface area contributed by atoms with E-state index in [1.165, 1.54) is 0 Å². The Bertz CT molecular complexity index is 1070. The van der Waals surface area contributed by atoms with Crippen molar-refractivity contribution >= 4 is 21.7 Å². The SMILES string of the molecule is Cc1ccc(S(=O)(=O)Nc2cccc(CCc3ccc(C(=O)O)cc3)c2)cc1. The van der Waals surface area contributed by atoms with Crippen molar-refractivity contribution in [2.75, 3.05) is 4.72 Å². The second-order valence-electron chi connectivity index (χ2n) is 6.62. The third-order valence-corrected chi connectivity index (χ3v) is 5.81. The molecule has 3 aromatic carbocycles. The fourth-order valence-electron chi connectivity index (χ4n) is 2.82. The van der Waals surface area contributed by atoms with Gasteiger partial charge in [0, 0.05) is 5.69 Å². The van der Waals surface area contributed by atoms with E-state index in [-0.39, 0.29) is 10.5 Å². The standard InChI is InChI=1S/C22H21NO4S/c1-16-5-13-21(14-6-16)28(26,27)23-20-4-2-3-18(15-20)8-7-17-9-11-19(12-10-17)22(24)25/h2-6,9-15,23H,7-8H2,1H3,(H,24,25). The van der Waals surface area contributed by atoms with Gasteiger partial charge in [-0.2, -0.15) is 0 Å². The zero-order valence-electron chi connectivity index (χ0n) is 15.4. The second-order valence-corrected chi connectivity index (χ2v) is 8.30. The minimum absolute atomic E-state index is 0.224. The Balaban J connectivity index is 1.68. The Hall–Kier alpha value is -3.12. The minimum atomic E-state index is -3.63. The summed E-state index contributed by atoms with van der Waals surface area (Å²) >= 11 is 0. The van der Waals surface area contributed by atoms with Gasteiger partial charge in [0.2, 0.25) is 0 Å². The second kappa shape index (κ2) is 8.27. The number of rotatable bonds is 7. The number of anilines is 1. The van der Waals surface area contributed by atoms with Crippen LogP contribution in [0.5, 0.6) is 0 Å². The van der Waals surface area contributed by atoms with E-state index in [0.29, 0.717) is 12.1 Å². The Morgan fingerprint density at radius 3 is 2.18 bits per heavy atom. The van der Waals surface area contributed by atoms with Crippen LogP contribution in [0.1, 0.15) is 27.0 Å². The van der Waals surface area contributed by atoms with E-state index in [9.17, 15) is 13.2 Å². The van der Waals surface area contributed by atoms with E-state index in [4.69, 9.17) is 5.11 Å². The first kappa shape index (κ1) is 19.6. The van der Waals surface area contributed by atoms with Crippen LogP contribution in [0.15, 0.2) is 77.7 Å². The average Bonchev–Trinajstić information content (AvgIpc) is 2.67. The molecule has 0 aliphatic heterocycles. The van der Waals surface area contributed by atoms with Crippen LogP contribution in [0.4, 0.5) is 5.69 Å². The molecular formula is C22H21NO4S. The molecule has 0 aliphatic carbocycles. The molecule has 3 aromatic rings. The smallest absolute Gasteiger partial charge is 0.335 e. The summed E-state index contributed by atoms with van der Waals surface area (Å²) in [6.45, 7) is 1.91. The molecule has 3 rings (SSSR count). The highest BCUT2D eigenvalue weighted by molar-refractivity contribution is 7.92. The van der Waals surface area contributed by atoms with Crippen molar-refractivity contribution in [2.24, 2.45) is 0 Å². The first-order valence-electron chi connectivity index (χ1n) is 8.84. The van der Waals surface area contributed by atoms with Crippen LogP contribution in [-0.4, -0.2) is 19.5 Å². The van der Waals surface area contributed by atoms with E-state index in [1.807, 2.05) is 25.1 Å². The number of carbonyl (C=O) groups is 1. The lowest BCUT2D eigenvalue weighted by atomic mass is 10.0. The van der Waals surface area contributed by atoms with Gasteiger partial charge in [-0.05, 0) is 67.3 Å². The molecule has 0 spiro atoms. The molecule has 0 saturated heterocycles. The van der Waals surface area contributed by atoms with Gasteiger partial charge in [0.25, 0.3) is 10.0 Å². The molecule has 0 unspecified atom stereocenters. The van der Waals surface area contributed by atoms with Gasteiger partial charge in [0.05, 0.1) is 10.5 Å². The van der Waals surface area contributed by atoms with Crippen molar-refractivity contribution in [3.63, 3.8) is 0 Å². The molecule has 0 aromatic heterocycles.